The van der Waals surface area contributed by atoms with Crippen LogP contribution in [0.15, 0.2) is 42.1 Å². The summed E-state index contributed by atoms with van der Waals surface area (Å²) in [6.07, 6.45) is 1.77. The Hall–Kier alpha value is -3.18. The minimum absolute atomic E-state index is 0.129. The molecule has 2 aromatic heterocycles. The van der Waals surface area contributed by atoms with Gasteiger partial charge in [-0.05, 0) is 31.2 Å². The summed E-state index contributed by atoms with van der Waals surface area (Å²) in [7, 11) is 7.34. The molecule has 2 amide bonds. The first kappa shape index (κ1) is 24.5. The first-order valence-electron chi connectivity index (χ1n) is 10.1. The number of rotatable bonds is 9. The van der Waals surface area contributed by atoms with E-state index in [9.17, 15) is 9.59 Å². The third kappa shape index (κ3) is 5.79. The van der Waals surface area contributed by atoms with Crippen molar-refractivity contribution in [2.45, 2.75) is 18.6 Å². The Balaban J connectivity index is 1.70. The summed E-state index contributed by atoms with van der Waals surface area (Å²) in [6, 6.07) is 8.04. The molecule has 174 valence electrons. The van der Waals surface area contributed by atoms with E-state index in [2.05, 4.69) is 27.1 Å². The van der Waals surface area contributed by atoms with E-state index < -0.39 is 0 Å². The molecule has 0 radical (unpaired) electrons. The number of thiazole rings is 1. The van der Waals surface area contributed by atoms with E-state index in [0.29, 0.717) is 33.2 Å². The lowest BCUT2D eigenvalue weighted by molar-refractivity contribution is -0.113. The number of carbonyl (C=O) groups excluding carboxylic acids is 2. The molecule has 3 rings (SSSR count). The average molecular weight is 486 g/mol. The van der Waals surface area contributed by atoms with Crippen LogP contribution in [0.5, 0.6) is 0 Å². The smallest absolute Gasteiger partial charge is 0.265 e. The first-order valence-corrected chi connectivity index (χ1v) is 11.9. The van der Waals surface area contributed by atoms with E-state index in [1.807, 2.05) is 47.8 Å². The van der Waals surface area contributed by atoms with Gasteiger partial charge in [-0.1, -0.05) is 29.2 Å². The predicted octanol–water partition coefficient (Wildman–Crippen LogP) is 3.39. The van der Waals surface area contributed by atoms with Crippen LogP contribution in [-0.2, 0) is 11.3 Å². The van der Waals surface area contributed by atoms with Crippen LogP contribution < -0.4 is 10.2 Å². The Morgan fingerprint density at radius 3 is 2.48 bits per heavy atom. The third-order valence-electron chi connectivity index (χ3n) is 4.65. The molecular weight excluding hydrogens is 458 g/mol. The average Bonchev–Trinajstić information content (AvgIpc) is 3.34. The molecular formula is C22H27N7O2S2. The molecule has 0 aliphatic carbocycles. The zero-order valence-corrected chi connectivity index (χ0v) is 21.0. The highest BCUT2D eigenvalue weighted by atomic mass is 32.2. The summed E-state index contributed by atoms with van der Waals surface area (Å²) in [5.74, 6) is 0.474. The van der Waals surface area contributed by atoms with Crippen molar-refractivity contribution in [1.82, 2.24) is 24.6 Å². The van der Waals surface area contributed by atoms with E-state index in [4.69, 9.17) is 0 Å². The molecule has 0 saturated carbocycles. The molecule has 3 aromatic rings. The highest BCUT2D eigenvalue weighted by molar-refractivity contribution is 7.99. The summed E-state index contributed by atoms with van der Waals surface area (Å²) in [6.45, 7) is 6.10. The van der Waals surface area contributed by atoms with Crippen LogP contribution in [0.1, 0.15) is 15.4 Å². The fourth-order valence-corrected chi connectivity index (χ4v) is 4.70. The minimum Gasteiger partial charge on any atom is -0.378 e. The molecule has 1 aromatic carbocycles. The van der Waals surface area contributed by atoms with Gasteiger partial charge in [-0.2, -0.15) is 0 Å². The van der Waals surface area contributed by atoms with E-state index in [1.54, 1.807) is 27.1 Å². The molecule has 0 bridgehead atoms. The SMILES string of the molecule is C=CCn1c(SCC(=O)Nc2nc(C)c(C(=O)N(C)C)s2)nnc1-c1ccc(N(C)C)cc1. The highest BCUT2D eigenvalue weighted by Gasteiger charge is 2.19. The largest absolute Gasteiger partial charge is 0.378 e. The molecule has 0 unspecified atom stereocenters. The molecule has 0 saturated heterocycles. The van der Waals surface area contributed by atoms with Crippen molar-refractivity contribution in [2.75, 3.05) is 44.2 Å². The Labute approximate surface area is 201 Å². The quantitative estimate of drug-likeness (QED) is 0.367. The van der Waals surface area contributed by atoms with Gasteiger partial charge < -0.3 is 15.1 Å². The topological polar surface area (TPSA) is 96.2 Å². The molecule has 0 atom stereocenters. The van der Waals surface area contributed by atoms with Crippen LogP contribution in [-0.4, -0.2) is 70.4 Å². The second-order valence-electron chi connectivity index (χ2n) is 7.62. The number of benzene rings is 1. The van der Waals surface area contributed by atoms with Crippen LogP contribution >= 0.6 is 23.1 Å². The van der Waals surface area contributed by atoms with Crippen LogP contribution in [0.4, 0.5) is 10.8 Å². The van der Waals surface area contributed by atoms with Gasteiger partial charge in [-0.25, -0.2) is 4.98 Å². The van der Waals surface area contributed by atoms with Crippen molar-refractivity contribution in [2.24, 2.45) is 0 Å². The van der Waals surface area contributed by atoms with Gasteiger partial charge in [-0.15, -0.1) is 16.8 Å². The summed E-state index contributed by atoms with van der Waals surface area (Å²) in [5, 5.41) is 12.4. The van der Waals surface area contributed by atoms with Crippen molar-refractivity contribution >= 4 is 45.7 Å². The zero-order valence-electron chi connectivity index (χ0n) is 19.3. The van der Waals surface area contributed by atoms with Gasteiger partial charge in [-0.3, -0.25) is 14.2 Å². The lowest BCUT2D eigenvalue weighted by atomic mass is 10.2. The molecule has 0 aliphatic heterocycles. The predicted molar refractivity (Wildman–Crippen MR) is 134 cm³/mol. The van der Waals surface area contributed by atoms with Crippen molar-refractivity contribution in [3.8, 4) is 11.4 Å². The van der Waals surface area contributed by atoms with Gasteiger partial charge in [0, 0.05) is 46.0 Å². The van der Waals surface area contributed by atoms with Gasteiger partial charge >= 0.3 is 0 Å². The fourth-order valence-electron chi connectivity index (χ4n) is 2.95. The Kier molecular flexibility index (Phi) is 7.88. The molecule has 1 N–H and O–H groups in total. The van der Waals surface area contributed by atoms with Gasteiger partial charge in [0.1, 0.15) is 4.88 Å². The van der Waals surface area contributed by atoms with Gasteiger partial charge in [0.25, 0.3) is 5.91 Å². The minimum atomic E-state index is -0.234. The monoisotopic (exact) mass is 485 g/mol. The van der Waals surface area contributed by atoms with Gasteiger partial charge in [0.2, 0.25) is 5.91 Å². The summed E-state index contributed by atoms with van der Waals surface area (Å²) < 4.78 is 1.93. The van der Waals surface area contributed by atoms with Gasteiger partial charge in [0.15, 0.2) is 16.1 Å². The van der Waals surface area contributed by atoms with Crippen LogP contribution in [0, 0.1) is 6.92 Å². The van der Waals surface area contributed by atoms with Crippen molar-refractivity contribution in [1.29, 1.82) is 0 Å². The van der Waals surface area contributed by atoms with E-state index in [0.717, 1.165) is 11.3 Å². The van der Waals surface area contributed by atoms with Crippen molar-refractivity contribution in [3.63, 3.8) is 0 Å². The highest BCUT2D eigenvalue weighted by Crippen LogP contribution is 2.27. The van der Waals surface area contributed by atoms with E-state index in [1.165, 1.54) is 28.0 Å². The second-order valence-corrected chi connectivity index (χ2v) is 9.56. The molecule has 0 spiro atoms. The van der Waals surface area contributed by atoms with E-state index in [-0.39, 0.29) is 17.6 Å². The normalized spacial score (nSPS) is 10.7. The maximum atomic E-state index is 12.5. The number of carbonyl (C=O) groups is 2. The lowest BCUT2D eigenvalue weighted by Gasteiger charge is -2.13. The Morgan fingerprint density at radius 2 is 1.88 bits per heavy atom. The number of nitrogens with zero attached hydrogens (tertiary/aromatic N) is 6. The molecule has 0 fully saturated rings. The number of hydrogen-bond acceptors (Lipinski definition) is 8. The number of thioether (sulfide) groups is 1. The van der Waals surface area contributed by atoms with Gasteiger partial charge in [0.05, 0.1) is 11.4 Å². The lowest BCUT2D eigenvalue weighted by Crippen LogP contribution is -2.21. The molecule has 2 heterocycles. The molecule has 33 heavy (non-hydrogen) atoms. The first-order chi connectivity index (χ1) is 15.7. The number of allylic oxidation sites excluding steroid dienone is 1. The Bertz CT molecular complexity index is 1150. The van der Waals surface area contributed by atoms with Crippen molar-refractivity contribution in [3.05, 3.63) is 47.5 Å². The van der Waals surface area contributed by atoms with Crippen LogP contribution in [0.3, 0.4) is 0 Å². The molecule has 0 aliphatic rings. The number of amides is 2. The number of nitrogens with one attached hydrogen (secondary N) is 1. The zero-order chi connectivity index (χ0) is 24.1. The number of anilines is 2. The summed E-state index contributed by atoms with van der Waals surface area (Å²) in [4.78, 5) is 33.0. The Morgan fingerprint density at radius 1 is 1.18 bits per heavy atom. The molecule has 9 nitrogen and oxygen atoms in total. The van der Waals surface area contributed by atoms with Crippen LogP contribution in [0.2, 0.25) is 0 Å². The maximum Gasteiger partial charge on any atom is 0.265 e. The number of aryl methyl sites for hydroxylation is 1. The van der Waals surface area contributed by atoms with E-state index >= 15 is 0 Å². The standard InChI is InChI=1S/C22H27N7O2S2/c1-7-12-29-19(15-8-10-16(11-9-15)27(3)4)25-26-22(29)32-13-17(30)24-21-23-14(2)18(33-21)20(31)28(5)6/h7-11H,1,12-13H2,2-6H3,(H,23,24,30). The fraction of sp³-hybridized carbons (Fsp3) is 0.318. The van der Waals surface area contributed by atoms with Crippen molar-refractivity contribution < 1.29 is 9.59 Å². The summed E-state index contributed by atoms with van der Waals surface area (Å²) in [5.41, 5.74) is 2.62. The second kappa shape index (κ2) is 10.6. The molecule has 11 heteroatoms. The maximum absolute atomic E-state index is 12.5. The number of aromatic nitrogens is 4. The number of hydrogen-bond donors (Lipinski definition) is 1. The summed E-state index contributed by atoms with van der Waals surface area (Å²) >= 11 is 2.45. The van der Waals surface area contributed by atoms with Crippen LogP contribution in [0.25, 0.3) is 11.4 Å². The third-order valence-corrected chi connectivity index (χ3v) is 6.67.